The first-order valence-electron chi connectivity index (χ1n) is 5.78. The van der Waals surface area contributed by atoms with Gasteiger partial charge in [-0.05, 0) is 18.6 Å². The van der Waals surface area contributed by atoms with Crippen LogP contribution in [0.25, 0.3) is 10.9 Å². The number of benzene rings is 1. The molecule has 1 unspecified atom stereocenters. The van der Waals surface area contributed by atoms with Gasteiger partial charge in [0.05, 0.1) is 0 Å². The van der Waals surface area contributed by atoms with Gasteiger partial charge in [-0.3, -0.25) is 4.79 Å². The predicted molar refractivity (Wildman–Crippen MR) is 63.8 cm³/mol. The summed E-state index contributed by atoms with van der Waals surface area (Å²) in [6.45, 7) is 1.30. The third-order valence-electron chi connectivity index (χ3n) is 2.85. The van der Waals surface area contributed by atoms with Gasteiger partial charge >= 0.3 is 12.1 Å². The first kappa shape index (κ1) is 13.5. The Balaban J connectivity index is 2.23. The molecule has 19 heavy (non-hydrogen) atoms. The van der Waals surface area contributed by atoms with Crippen LogP contribution in [0.4, 0.5) is 13.2 Å². The minimum Gasteiger partial charge on any atom is -0.424 e. The number of carbonyl (C=O) groups excluding carboxylic acids is 1. The molecule has 1 aromatic carbocycles. The van der Waals surface area contributed by atoms with Gasteiger partial charge in [0.1, 0.15) is 0 Å². The number of carbonyl (C=O) groups is 1. The van der Waals surface area contributed by atoms with E-state index in [0.717, 1.165) is 0 Å². The molecule has 0 aliphatic heterocycles. The number of para-hydroxylation sites is 1. The average Bonchev–Trinajstić information content (AvgIpc) is 2.72. The first-order chi connectivity index (χ1) is 8.93. The standard InChI is InChI=1S/C13H12F3NO2/c1-2-9(13(14,15)16)12(18)19-11-7-17-10-6-4-3-5-8(10)11/h3-7,9,17H,2H2,1H3. The summed E-state index contributed by atoms with van der Waals surface area (Å²) in [5.41, 5.74) is 0.699. The molecule has 1 aromatic heterocycles. The summed E-state index contributed by atoms with van der Waals surface area (Å²) in [4.78, 5) is 14.4. The van der Waals surface area contributed by atoms with Crippen molar-refractivity contribution in [1.29, 1.82) is 0 Å². The van der Waals surface area contributed by atoms with Gasteiger partial charge in [-0.25, -0.2) is 0 Å². The SMILES string of the molecule is CCC(C(=O)Oc1c[nH]c2ccccc12)C(F)(F)F. The predicted octanol–water partition coefficient (Wildman–Crippen LogP) is 3.66. The Morgan fingerprint density at radius 1 is 1.37 bits per heavy atom. The van der Waals surface area contributed by atoms with Crippen LogP contribution in [-0.4, -0.2) is 17.1 Å². The van der Waals surface area contributed by atoms with E-state index in [1.165, 1.54) is 13.1 Å². The van der Waals surface area contributed by atoms with Crippen LogP contribution < -0.4 is 4.74 Å². The summed E-state index contributed by atoms with van der Waals surface area (Å²) < 4.78 is 42.7. The van der Waals surface area contributed by atoms with Crippen LogP contribution in [0.15, 0.2) is 30.5 Å². The normalized spacial score (nSPS) is 13.5. The van der Waals surface area contributed by atoms with Crippen LogP contribution in [0.5, 0.6) is 5.75 Å². The third kappa shape index (κ3) is 2.72. The smallest absolute Gasteiger partial charge is 0.402 e. The largest absolute Gasteiger partial charge is 0.424 e. The van der Waals surface area contributed by atoms with E-state index < -0.39 is 18.1 Å². The molecule has 1 N–H and O–H groups in total. The van der Waals surface area contributed by atoms with Crippen molar-refractivity contribution < 1.29 is 22.7 Å². The fourth-order valence-electron chi connectivity index (χ4n) is 1.84. The van der Waals surface area contributed by atoms with E-state index in [4.69, 9.17) is 4.74 Å². The lowest BCUT2D eigenvalue weighted by molar-refractivity contribution is -0.191. The van der Waals surface area contributed by atoms with E-state index in [0.29, 0.717) is 10.9 Å². The van der Waals surface area contributed by atoms with E-state index in [-0.39, 0.29) is 12.2 Å². The van der Waals surface area contributed by atoms with Gasteiger partial charge in [-0.15, -0.1) is 0 Å². The summed E-state index contributed by atoms with van der Waals surface area (Å²) >= 11 is 0. The molecule has 0 amide bonds. The maximum absolute atomic E-state index is 12.6. The first-order valence-corrected chi connectivity index (χ1v) is 5.78. The van der Waals surface area contributed by atoms with Crippen LogP contribution in [0.3, 0.4) is 0 Å². The van der Waals surface area contributed by atoms with Crippen LogP contribution in [0.1, 0.15) is 13.3 Å². The number of halogens is 3. The van der Waals surface area contributed by atoms with Crippen LogP contribution in [0.2, 0.25) is 0 Å². The molecule has 102 valence electrons. The van der Waals surface area contributed by atoms with Gasteiger partial charge in [-0.2, -0.15) is 13.2 Å². The summed E-state index contributed by atoms with van der Waals surface area (Å²) in [6.07, 6.45) is -3.55. The quantitative estimate of drug-likeness (QED) is 0.865. The van der Waals surface area contributed by atoms with E-state index >= 15 is 0 Å². The molecule has 0 spiro atoms. The van der Waals surface area contributed by atoms with E-state index in [1.807, 2.05) is 0 Å². The Labute approximate surface area is 107 Å². The lowest BCUT2D eigenvalue weighted by atomic mass is 10.1. The summed E-state index contributed by atoms with van der Waals surface area (Å²) in [7, 11) is 0. The van der Waals surface area contributed by atoms with Crippen LogP contribution in [0, 0.1) is 5.92 Å². The fourth-order valence-corrected chi connectivity index (χ4v) is 1.84. The molecule has 0 saturated carbocycles. The second kappa shape index (κ2) is 4.95. The van der Waals surface area contributed by atoms with Crippen molar-refractivity contribution in [3.63, 3.8) is 0 Å². The van der Waals surface area contributed by atoms with E-state index in [2.05, 4.69) is 4.98 Å². The molecule has 3 nitrogen and oxygen atoms in total. The highest BCUT2D eigenvalue weighted by molar-refractivity contribution is 5.89. The summed E-state index contributed by atoms with van der Waals surface area (Å²) in [6, 6.07) is 6.90. The van der Waals surface area contributed by atoms with Gasteiger partial charge < -0.3 is 9.72 Å². The highest BCUT2D eigenvalue weighted by atomic mass is 19.4. The number of alkyl halides is 3. The molecule has 0 radical (unpaired) electrons. The number of fused-ring (bicyclic) bond motifs is 1. The minimum atomic E-state index is -4.59. The van der Waals surface area contributed by atoms with Gasteiger partial charge in [0.2, 0.25) is 0 Å². The van der Waals surface area contributed by atoms with Gasteiger partial charge in [0.25, 0.3) is 0 Å². The number of ether oxygens (including phenoxy) is 1. The Bertz CT molecular complexity index is 589. The fraction of sp³-hybridized carbons (Fsp3) is 0.308. The highest BCUT2D eigenvalue weighted by Gasteiger charge is 2.44. The zero-order valence-electron chi connectivity index (χ0n) is 10.1. The molecule has 0 aliphatic rings. The van der Waals surface area contributed by atoms with E-state index in [1.54, 1.807) is 24.3 Å². The Hall–Kier alpha value is -1.98. The molecule has 1 atom stereocenters. The second-order valence-electron chi connectivity index (χ2n) is 4.12. The molecule has 6 heteroatoms. The van der Waals surface area contributed by atoms with Crippen molar-refractivity contribution in [3.8, 4) is 5.75 Å². The molecular formula is C13H12F3NO2. The highest BCUT2D eigenvalue weighted by Crippen LogP contribution is 2.32. The molecule has 0 saturated heterocycles. The molecular weight excluding hydrogens is 259 g/mol. The number of H-pyrrole nitrogens is 1. The van der Waals surface area contributed by atoms with Crippen molar-refractivity contribution >= 4 is 16.9 Å². The number of aromatic amines is 1. The van der Waals surface area contributed by atoms with Gasteiger partial charge in [-0.1, -0.05) is 19.1 Å². The number of rotatable bonds is 3. The van der Waals surface area contributed by atoms with Crippen LogP contribution in [-0.2, 0) is 4.79 Å². The molecule has 1 heterocycles. The lowest BCUT2D eigenvalue weighted by Gasteiger charge is -2.16. The van der Waals surface area contributed by atoms with Crippen molar-refractivity contribution in [2.75, 3.05) is 0 Å². The van der Waals surface area contributed by atoms with Gasteiger partial charge in [0.15, 0.2) is 11.7 Å². The number of aromatic nitrogens is 1. The molecule has 0 bridgehead atoms. The van der Waals surface area contributed by atoms with Gasteiger partial charge in [0, 0.05) is 17.1 Å². The molecule has 2 rings (SSSR count). The zero-order chi connectivity index (χ0) is 14.0. The van der Waals surface area contributed by atoms with Crippen LogP contribution >= 0.6 is 0 Å². The minimum absolute atomic E-state index is 0.114. The van der Waals surface area contributed by atoms with E-state index in [9.17, 15) is 18.0 Å². The lowest BCUT2D eigenvalue weighted by Crippen LogP contribution is -2.33. The Kier molecular flexibility index (Phi) is 3.50. The van der Waals surface area contributed by atoms with Crippen molar-refractivity contribution in [2.45, 2.75) is 19.5 Å². The second-order valence-corrected chi connectivity index (χ2v) is 4.12. The topological polar surface area (TPSA) is 42.1 Å². The maximum Gasteiger partial charge on any atom is 0.402 e. The summed E-state index contributed by atoms with van der Waals surface area (Å²) in [5.74, 6) is -3.26. The number of hydrogen-bond donors (Lipinski definition) is 1. The van der Waals surface area contributed by atoms with Crippen molar-refractivity contribution in [1.82, 2.24) is 4.98 Å². The average molecular weight is 271 g/mol. The number of nitrogens with one attached hydrogen (secondary N) is 1. The van der Waals surface area contributed by atoms with Crippen molar-refractivity contribution in [2.24, 2.45) is 5.92 Å². The Morgan fingerprint density at radius 2 is 2.05 bits per heavy atom. The zero-order valence-corrected chi connectivity index (χ0v) is 10.1. The number of esters is 1. The Morgan fingerprint density at radius 3 is 2.68 bits per heavy atom. The molecule has 0 aliphatic carbocycles. The monoisotopic (exact) mass is 271 g/mol. The number of hydrogen-bond acceptors (Lipinski definition) is 2. The molecule has 0 fully saturated rings. The maximum atomic E-state index is 12.6. The third-order valence-corrected chi connectivity index (χ3v) is 2.85. The molecule has 2 aromatic rings. The van der Waals surface area contributed by atoms with Crippen molar-refractivity contribution in [3.05, 3.63) is 30.5 Å². The summed E-state index contributed by atoms with van der Waals surface area (Å²) in [5, 5.41) is 0.577.